The third-order valence-corrected chi connectivity index (χ3v) is 2.70. The fourth-order valence-corrected chi connectivity index (χ4v) is 1.78. The number of hydrogen-bond donors (Lipinski definition) is 1. The standard InChI is InChI=1S/C10H8N4O3S/c15-10(8-6-12-18-13-8)11-5-7-3-1-2-4-9(7)14(16)17/h1-4,6H,5H2,(H,11,15). The number of carbonyl (C=O) groups is 1. The number of nitro benzene ring substituents is 1. The fourth-order valence-electron chi connectivity index (χ4n) is 1.37. The molecule has 0 saturated carbocycles. The van der Waals surface area contributed by atoms with Crippen molar-refractivity contribution in [2.75, 3.05) is 0 Å². The number of hydrogen-bond acceptors (Lipinski definition) is 6. The average molecular weight is 264 g/mol. The number of aromatic nitrogens is 2. The fraction of sp³-hybridized carbons (Fsp3) is 0.100. The first-order valence-corrected chi connectivity index (χ1v) is 5.69. The quantitative estimate of drug-likeness (QED) is 0.664. The van der Waals surface area contributed by atoms with Gasteiger partial charge in [-0.3, -0.25) is 14.9 Å². The Morgan fingerprint density at radius 1 is 1.44 bits per heavy atom. The number of nitrogens with one attached hydrogen (secondary N) is 1. The van der Waals surface area contributed by atoms with Gasteiger partial charge < -0.3 is 5.32 Å². The molecule has 2 rings (SSSR count). The second-order valence-electron chi connectivity index (χ2n) is 3.36. The van der Waals surface area contributed by atoms with Gasteiger partial charge in [0, 0.05) is 18.2 Å². The molecule has 0 atom stereocenters. The van der Waals surface area contributed by atoms with Crippen LogP contribution in [0.4, 0.5) is 5.69 Å². The van der Waals surface area contributed by atoms with Crippen LogP contribution in [0.3, 0.4) is 0 Å². The molecule has 0 aliphatic rings. The van der Waals surface area contributed by atoms with Crippen molar-refractivity contribution in [3.63, 3.8) is 0 Å². The third kappa shape index (κ3) is 2.66. The van der Waals surface area contributed by atoms with Crippen molar-refractivity contribution in [2.45, 2.75) is 6.54 Å². The summed E-state index contributed by atoms with van der Waals surface area (Å²) in [4.78, 5) is 21.9. The molecule has 1 aromatic heterocycles. The molecule has 0 saturated heterocycles. The molecule has 1 heterocycles. The predicted molar refractivity (Wildman–Crippen MR) is 64.2 cm³/mol. The summed E-state index contributed by atoms with van der Waals surface area (Å²) in [6, 6.07) is 6.25. The van der Waals surface area contributed by atoms with Crippen LogP contribution in [-0.2, 0) is 6.54 Å². The molecule has 0 radical (unpaired) electrons. The van der Waals surface area contributed by atoms with E-state index in [2.05, 4.69) is 14.1 Å². The topological polar surface area (TPSA) is 98.0 Å². The Morgan fingerprint density at radius 2 is 2.22 bits per heavy atom. The molecule has 0 spiro atoms. The zero-order valence-electron chi connectivity index (χ0n) is 9.07. The van der Waals surface area contributed by atoms with Gasteiger partial charge in [0.15, 0.2) is 5.69 Å². The van der Waals surface area contributed by atoms with Crippen molar-refractivity contribution in [3.05, 3.63) is 51.8 Å². The van der Waals surface area contributed by atoms with Crippen LogP contribution >= 0.6 is 11.7 Å². The monoisotopic (exact) mass is 264 g/mol. The van der Waals surface area contributed by atoms with Crippen molar-refractivity contribution in [1.82, 2.24) is 14.1 Å². The van der Waals surface area contributed by atoms with Gasteiger partial charge in [0.2, 0.25) is 0 Å². The molecule has 18 heavy (non-hydrogen) atoms. The van der Waals surface area contributed by atoms with Gasteiger partial charge in [0.1, 0.15) is 0 Å². The average Bonchev–Trinajstić information content (AvgIpc) is 2.90. The van der Waals surface area contributed by atoms with Crippen LogP contribution in [0.15, 0.2) is 30.5 Å². The van der Waals surface area contributed by atoms with E-state index in [-0.39, 0.29) is 17.9 Å². The smallest absolute Gasteiger partial charge is 0.274 e. The van der Waals surface area contributed by atoms with Gasteiger partial charge >= 0.3 is 0 Å². The van der Waals surface area contributed by atoms with Gasteiger partial charge in [0.25, 0.3) is 11.6 Å². The highest BCUT2D eigenvalue weighted by Gasteiger charge is 2.14. The van der Waals surface area contributed by atoms with E-state index in [0.29, 0.717) is 5.56 Å². The van der Waals surface area contributed by atoms with Crippen LogP contribution in [0.2, 0.25) is 0 Å². The Bertz CT molecular complexity index is 570. The summed E-state index contributed by atoms with van der Waals surface area (Å²) in [5, 5.41) is 13.3. The van der Waals surface area contributed by atoms with E-state index < -0.39 is 10.8 Å². The second-order valence-corrected chi connectivity index (χ2v) is 3.92. The van der Waals surface area contributed by atoms with Crippen LogP contribution in [0.5, 0.6) is 0 Å². The molecule has 0 bridgehead atoms. The molecule has 8 heteroatoms. The normalized spacial score (nSPS) is 10.0. The zero-order valence-corrected chi connectivity index (χ0v) is 9.88. The number of benzene rings is 1. The minimum absolute atomic E-state index is 0.0193. The summed E-state index contributed by atoms with van der Waals surface area (Å²) in [6.45, 7) is 0.0769. The number of nitro groups is 1. The van der Waals surface area contributed by atoms with Crippen LogP contribution < -0.4 is 5.32 Å². The van der Waals surface area contributed by atoms with Gasteiger partial charge in [0.05, 0.1) is 22.8 Å². The van der Waals surface area contributed by atoms with E-state index >= 15 is 0 Å². The van der Waals surface area contributed by atoms with Crippen LogP contribution in [0, 0.1) is 10.1 Å². The maximum absolute atomic E-state index is 11.6. The van der Waals surface area contributed by atoms with Crippen LogP contribution in [0.1, 0.15) is 16.1 Å². The third-order valence-electron chi connectivity index (χ3n) is 2.22. The van der Waals surface area contributed by atoms with Crippen molar-refractivity contribution in [1.29, 1.82) is 0 Å². The molecule has 0 aliphatic carbocycles. The van der Waals surface area contributed by atoms with Crippen molar-refractivity contribution in [3.8, 4) is 0 Å². The van der Waals surface area contributed by atoms with Gasteiger partial charge in [-0.1, -0.05) is 18.2 Å². The highest BCUT2D eigenvalue weighted by atomic mass is 32.1. The molecule has 1 aromatic carbocycles. The van der Waals surface area contributed by atoms with Gasteiger partial charge in [-0.25, -0.2) is 0 Å². The molecule has 0 fully saturated rings. The first-order chi connectivity index (χ1) is 8.68. The number of carbonyl (C=O) groups excluding carboxylic acids is 1. The number of amides is 1. The van der Waals surface area contributed by atoms with E-state index in [4.69, 9.17) is 0 Å². The summed E-state index contributed by atoms with van der Waals surface area (Å²) in [5.74, 6) is -0.401. The molecule has 0 aliphatic heterocycles. The summed E-state index contributed by atoms with van der Waals surface area (Å²) in [7, 11) is 0. The molecular formula is C10H8N4O3S. The number of nitrogens with zero attached hydrogens (tertiary/aromatic N) is 3. The van der Waals surface area contributed by atoms with E-state index in [1.54, 1.807) is 18.2 Å². The maximum Gasteiger partial charge on any atom is 0.274 e. The minimum atomic E-state index is -0.480. The summed E-state index contributed by atoms with van der Waals surface area (Å²) < 4.78 is 7.48. The molecule has 7 nitrogen and oxygen atoms in total. The molecule has 1 N–H and O–H groups in total. The van der Waals surface area contributed by atoms with Crippen molar-refractivity contribution in [2.24, 2.45) is 0 Å². The van der Waals surface area contributed by atoms with Crippen molar-refractivity contribution < 1.29 is 9.72 Å². The summed E-state index contributed by atoms with van der Waals surface area (Å²) in [5.41, 5.74) is 0.631. The molecule has 2 aromatic rings. The van der Waals surface area contributed by atoms with Crippen LogP contribution in [-0.4, -0.2) is 19.6 Å². The Morgan fingerprint density at radius 3 is 2.89 bits per heavy atom. The molecule has 92 valence electrons. The largest absolute Gasteiger partial charge is 0.346 e. The lowest BCUT2D eigenvalue weighted by molar-refractivity contribution is -0.385. The van der Waals surface area contributed by atoms with Crippen LogP contribution in [0.25, 0.3) is 0 Å². The zero-order chi connectivity index (χ0) is 13.0. The van der Waals surface area contributed by atoms with E-state index in [0.717, 1.165) is 11.7 Å². The van der Waals surface area contributed by atoms with E-state index in [1.165, 1.54) is 12.3 Å². The summed E-state index contributed by atoms with van der Waals surface area (Å²) >= 11 is 0.929. The predicted octanol–water partition coefficient (Wildman–Crippen LogP) is 1.38. The Kier molecular flexibility index (Phi) is 3.58. The van der Waals surface area contributed by atoms with Crippen molar-refractivity contribution >= 4 is 23.3 Å². The lowest BCUT2D eigenvalue weighted by Gasteiger charge is -2.03. The van der Waals surface area contributed by atoms with Gasteiger partial charge in [-0.15, -0.1) is 0 Å². The molecule has 1 amide bonds. The lowest BCUT2D eigenvalue weighted by atomic mass is 10.2. The SMILES string of the molecule is O=C(NCc1ccccc1[N+](=O)[O-])c1cnsn1. The second kappa shape index (κ2) is 5.32. The van der Waals surface area contributed by atoms with Gasteiger partial charge in [-0.05, 0) is 0 Å². The Balaban J connectivity index is 2.07. The van der Waals surface area contributed by atoms with E-state index in [9.17, 15) is 14.9 Å². The molecular weight excluding hydrogens is 256 g/mol. The Hall–Kier alpha value is -2.35. The first-order valence-electron chi connectivity index (χ1n) is 4.96. The number of rotatable bonds is 4. The maximum atomic E-state index is 11.6. The minimum Gasteiger partial charge on any atom is -0.346 e. The highest BCUT2D eigenvalue weighted by molar-refractivity contribution is 6.99. The van der Waals surface area contributed by atoms with Gasteiger partial charge in [-0.2, -0.15) is 8.75 Å². The Labute approximate surface area is 106 Å². The first kappa shape index (κ1) is 12.1. The van der Waals surface area contributed by atoms with E-state index in [1.807, 2.05) is 0 Å². The summed E-state index contributed by atoms with van der Waals surface area (Å²) in [6.07, 6.45) is 1.35. The molecule has 0 unspecified atom stereocenters. The lowest BCUT2D eigenvalue weighted by Crippen LogP contribution is -2.23. The number of para-hydroxylation sites is 1. The highest BCUT2D eigenvalue weighted by Crippen LogP contribution is 2.17.